The fraction of sp³-hybridized carbons (Fsp3) is 0.286. The van der Waals surface area contributed by atoms with Crippen molar-refractivity contribution in [3.05, 3.63) is 36.5 Å². The molecule has 0 atom stereocenters. The van der Waals surface area contributed by atoms with Gasteiger partial charge < -0.3 is 14.7 Å². The van der Waals surface area contributed by atoms with E-state index in [1.54, 1.807) is 19.3 Å². The van der Waals surface area contributed by atoms with Crippen LogP contribution in [0, 0.1) is 0 Å². The summed E-state index contributed by atoms with van der Waals surface area (Å²) in [4.78, 5) is 17.4. The first kappa shape index (κ1) is 13.3. The van der Waals surface area contributed by atoms with Crippen LogP contribution in [0.5, 0.6) is 5.75 Å². The molecule has 0 saturated carbocycles. The van der Waals surface area contributed by atoms with Crippen molar-refractivity contribution in [1.82, 2.24) is 9.88 Å². The normalized spacial score (nSPS) is 10.4. The molecular formula is C14H16N2O3. The third-order valence-corrected chi connectivity index (χ3v) is 2.81. The van der Waals surface area contributed by atoms with Gasteiger partial charge in [-0.15, -0.1) is 0 Å². The third kappa shape index (κ3) is 3.20. The van der Waals surface area contributed by atoms with Crippen molar-refractivity contribution in [3.63, 3.8) is 0 Å². The molecule has 2 aromatic rings. The minimum Gasteiger partial charge on any atom is -0.481 e. The van der Waals surface area contributed by atoms with E-state index < -0.39 is 0 Å². The molecule has 0 aliphatic heterocycles. The number of hydrogen-bond donors (Lipinski definition) is 1. The van der Waals surface area contributed by atoms with Gasteiger partial charge in [-0.25, -0.2) is 0 Å². The Morgan fingerprint density at radius 2 is 2.16 bits per heavy atom. The van der Waals surface area contributed by atoms with E-state index in [1.807, 2.05) is 24.3 Å². The minimum absolute atomic E-state index is 0.0575. The van der Waals surface area contributed by atoms with Gasteiger partial charge in [0.2, 0.25) is 0 Å². The van der Waals surface area contributed by atoms with Gasteiger partial charge in [0.15, 0.2) is 6.61 Å². The first-order valence-corrected chi connectivity index (χ1v) is 6.03. The maximum Gasteiger partial charge on any atom is 0.260 e. The second-order valence-electron chi connectivity index (χ2n) is 4.16. The van der Waals surface area contributed by atoms with Gasteiger partial charge in [0.1, 0.15) is 11.3 Å². The fourth-order valence-corrected chi connectivity index (χ4v) is 1.72. The van der Waals surface area contributed by atoms with Crippen molar-refractivity contribution in [2.45, 2.75) is 0 Å². The Bertz CT molecular complexity index is 566. The highest BCUT2D eigenvalue weighted by atomic mass is 16.5. The summed E-state index contributed by atoms with van der Waals surface area (Å²) in [6.45, 7) is 0.181. The van der Waals surface area contributed by atoms with E-state index in [0.29, 0.717) is 12.3 Å². The SMILES string of the molecule is CN(CCO)C(=O)COc1cccc2cccnc12. The standard InChI is InChI=1S/C14H16N2O3/c1-16(8-9-17)13(18)10-19-12-6-2-4-11-5-3-7-15-14(11)12/h2-7,17H,8-10H2,1H3. The van der Waals surface area contributed by atoms with Crippen molar-refractivity contribution in [3.8, 4) is 5.75 Å². The number of benzene rings is 1. The summed E-state index contributed by atoms with van der Waals surface area (Å²) in [5, 5.41) is 9.74. The van der Waals surface area contributed by atoms with E-state index in [4.69, 9.17) is 9.84 Å². The van der Waals surface area contributed by atoms with Crippen molar-refractivity contribution in [2.75, 3.05) is 26.8 Å². The highest BCUT2D eigenvalue weighted by molar-refractivity contribution is 5.85. The topological polar surface area (TPSA) is 62.7 Å². The minimum atomic E-state index is -0.179. The van der Waals surface area contributed by atoms with E-state index in [-0.39, 0.29) is 19.1 Å². The molecule has 1 N–H and O–H groups in total. The predicted octanol–water partition coefficient (Wildman–Crippen LogP) is 1.06. The van der Waals surface area contributed by atoms with Crippen LogP contribution in [0.25, 0.3) is 10.9 Å². The first-order valence-electron chi connectivity index (χ1n) is 6.03. The largest absolute Gasteiger partial charge is 0.481 e. The zero-order valence-corrected chi connectivity index (χ0v) is 10.7. The molecule has 100 valence electrons. The number of aliphatic hydroxyl groups is 1. The molecule has 1 heterocycles. The van der Waals surface area contributed by atoms with Crippen molar-refractivity contribution in [1.29, 1.82) is 0 Å². The number of para-hydroxylation sites is 1. The van der Waals surface area contributed by atoms with Crippen molar-refractivity contribution < 1.29 is 14.6 Å². The summed E-state index contributed by atoms with van der Waals surface area (Å²) in [7, 11) is 1.63. The van der Waals surface area contributed by atoms with Crippen LogP contribution in [0.2, 0.25) is 0 Å². The number of nitrogens with zero attached hydrogens (tertiary/aromatic N) is 2. The van der Waals surface area contributed by atoms with Crippen LogP contribution < -0.4 is 4.74 Å². The number of amides is 1. The average molecular weight is 260 g/mol. The molecule has 2 rings (SSSR count). The van der Waals surface area contributed by atoms with Gasteiger partial charge in [0.25, 0.3) is 5.91 Å². The molecule has 19 heavy (non-hydrogen) atoms. The lowest BCUT2D eigenvalue weighted by Crippen LogP contribution is -2.33. The van der Waals surface area contributed by atoms with E-state index in [0.717, 1.165) is 10.9 Å². The summed E-state index contributed by atoms with van der Waals surface area (Å²) in [6, 6.07) is 9.38. The van der Waals surface area contributed by atoms with Gasteiger partial charge in [-0.3, -0.25) is 9.78 Å². The van der Waals surface area contributed by atoms with Crippen LogP contribution in [0.15, 0.2) is 36.5 Å². The van der Waals surface area contributed by atoms with Crippen molar-refractivity contribution >= 4 is 16.8 Å². The summed E-state index contributed by atoms with van der Waals surface area (Å²) in [5.74, 6) is 0.408. The van der Waals surface area contributed by atoms with Gasteiger partial charge in [0, 0.05) is 25.2 Å². The van der Waals surface area contributed by atoms with Crippen molar-refractivity contribution in [2.24, 2.45) is 0 Å². The summed E-state index contributed by atoms with van der Waals surface area (Å²) < 4.78 is 5.51. The fourth-order valence-electron chi connectivity index (χ4n) is 1.72. The number of pyridine rings is 1. The van der Waals surface area contributed by atoms with Crippen LogP contribution >= 0.6 is 0 Å². The van der Waals surface area contributed by atoms with E-state index in [2.05, 4.69) is 4.98 Å². The van der Waals surface area contributed by atoms with Crippen LogP contribution in [-0.2, 0) is 4.79 Å². The second-order valence-corrected chi connectivity index (χ2v) is 4.16. The molecule has 1 aromatic carbocycles. The van der Waals surface area contributed by atoms with Gasteiger partial charge in [0.05, 0.1) is 6.61 Å². The average Bonchev–Trinajstić information content (AvgIpc) is 2.45. The number of hydrogen-bond acceptors (Lipinski definition) is 4. The lowest BCUT2D eigenvalue weighted by atomic mass is 10.2. The number of carbonyl (C=O) groups excluding carboxylic acids is 1. The number of aromatic nitrogens is 1. The highest BCUT2D eigenvalue weighted by Gasteiger charge is 2.10. The number of carbonyl (C=O) groups is 1. The number of fused-ring (bicyclic) bond motifs is 1. The lowest BCUT2D eigenvalue weighted by molar-refractivity contribution is -0.132. The quantitative estimate of drug-likeness (QED) is 0.873. The zero-order chi connectivity index (χ0) is 13.7. The molecule has 0 radical (unpaired) electrons. The molecule has 1 aromatic heterocycles. The Labute approximate surface area is 111 Å². The molecule has 1 amide bonds. The van der Waals surface area contributed by atoms with E-state index in [1.165, 1.54) is 4.90 Å². The Balaban J connectivity index is 2.08. The monoisotopic (exact) mass is 260 g/mol. The lowest BCUT2D eigenvalue weighted by Gasteiger charge is -2.16. The van der Waals surface area contributed by atoms with Gasteiger partial charge in [-0.1, -0.05) is 18.2 Å². The third-order valence-electron chi connectivity index (χ3n) is 2.81. The Morgan fingerprint density at radius 1 is 1.37 bits per heavy atom. The van der Waals surface area contributed by atoms with Gasteiger partial charge in [-0.2, -0.15) is 0 Å². The number of aliphatic hydroxyl groups excluding tert-OH is 1. The molecular weight excluding hydrogens is 244 g/mol. The van der Waals surface area contributed by atoms with Crippen LogP contribution in [-0.4, -0.2) is 47.7 Å². The number of ether oxygens (including phenoxy) is 1. The Morgan fingerprint density at radius 3 is 2.95 bits per heavy atom. The van der Waals surface area contributed by atoms with Crippen LogP contribution in [0.1, 0.15) is 0 Å². The number of rotatable bonds is 5. The molecule has 0 saturated heterocycles. The molecule has 0 bridgehead atoms. The zero-order valence-electron chi connectivity index (χ0n) is 10.7. The van der Waals surface area contributed by atoms with Crippen LogP contribution in [0.3, 0.4) is 0 Å². The second kappa shape index (κ2) is 6.15. The Hall–Kier alpha value is -2.14. The maximum atomic E-state index is 11.7. The highest BCUT2D eigenvalue weighted by Crippen LogP contribution is 2.22. The summed E-state index contributed by atoms with van der Waals surface area (Å²) in [5.41, 5.74) is 0.739. The predicted molar refractivity (Wildman–Crippen MR) is 72.0 cm³/mol. The van der Waals surface area contributed by atoms with Gasteiger partial charge >= 0.3 is 0 Å². The molecule has 0 unspecified atom stereocenters. The Kier molecular flexibility index (Phi) is 4.30. The molecule has 5 heteroatoms. The van der Waals surface area contributed by atoms with E-state index >= 15 is 0 Å². The maximum absolute atomic E-state index is 11.7. The van der Waals surface area contributed by atoms with E-state index in [9.17, 15) is 4.79 Å². The van der Waals surface area contributed by atoms with Crippen LogP contribution in [0.4, 0.5) is 0 Å². The molecule has 0 aliphatic carbocycles. The molecule has 0 aliphatic rings. The summed E-state index contributed by atoms with van der Waals surface area (Å²) in [6.07, 6.45) is 1.69. The molecule has 0 spiro atoms. The van der Waals surface area contributed by atoms with Gasteiger partial charge in [-0.05, 0) is 12.1 Å². The number of likely N-dealkylation sites (N-methyl/N-ethyl adjacent to an activating group) is 1. The first-order chi connectivity index (χ1) is 9.22. The molecule has 0 fully saturated rings. The molecule has 5 nitrogen and oxygen atoms in total. The smallest absolute Gasteiger partial charge is 0.260 e. The summed E-state index contributed by atoms with van der Waals surface area (Å²) >= 11 is 0.